The number of hydrogen-bond donors (Lipinski definition) is 1. The number of aldehydes is 1. The summed E-state index contributed by atoms with van der Waals surface area (Å²) in [4.78, 5) is 11.1. The molecule has 0 aliphatic heterocycles. The minimum atomic E-state index is -0.758. The monoisotopic (exact) mass is 250 g/mol. The summed E-state index contributed by atoms with van der Waals surface area (Å²) in [6.45, 7) is 1.77. The Bertz CT molecular complexity index is 458. The van der Waals surface area contributed by atoms with Crippen LogP contribution in [0.4, 0.5) is 0 Å². The van der Waals surface area contributed by atoms with Crippen LogP contribution in [0.1, 0.15) is 31.7 Å². The molecule has 0 fully saturated rings. The van der Waals surface area contributed by atoms with Crippen LogP contribution < -0.4 is 0 Å². The van der Waals surface area contributed by atoms with Crippen LogP contribution in [0.3, 0.4) is 0 Å². The molecule has 17 heavy (non-hydrogen) atoms. The van der Waals surface area contributed by atoms with E-state index < -0.39 is 5.60 Å². The van der Waals surface area contributed by atoms with Gasteiger partial charge in [-0.25, -0.2) is 0 Å². The molecule has 1 unspecified atom stereocenters. The summed E-state index contributed by atoms with van der Waals surface area (Å²) in [6, 6.07) is 7.47. The highest BCUT2D eigenvalue weighted by Crippen LogP contribution is 2.36. The van der Waals surface area contributed by atoms with E-state index >= 15 is 0 Å². The quantitative estimate of drug-likeness (QED) is 0.819. The molecular weight excluding hydrogens is 236 g/mol. The third kappa shape index (κ3) is 2.76. The molecule has 0 bridgehead atoms. The van der Waals surface area contributed by atoms with Crippen LogP contribution in [0.15, 0.2) is 29.8 Å². The van der Waals surface area contributed by atoms with Gasteiger partial charge in [-0.2, -0.15) is 0 Å². The van der Waals surface area contributed by atoms with E-state index in [1.165, 1.54) is 0 Å². The van der Waals surface area contributed by atoms with Crippen LogP contribution in [-0.4, -0.2) is 17.0 Å². The van der Waals surface area contributed by atoms with Crippen LogP contribution in [0.25, 0.3) is 5.57 Å². The molecule has 1 aliphatic rings. The fraction of sp³-hybridized carbons (Fsp3) is 0.357. The summed E-state index contributed by atoms with van der Waals surface area (Å²) in [5.41, 5.74) is 1.99. The average molecular weight is 251 g/mol. The minimum Gasteiger partial charge on any atom is -0.390 e. The highest BCUT2D eigenvalue weighted by molar-refractivity contribution is 6.30. The van der Waals surface area contributed by atoms with E-state index in [4.69, 9.17) is 11.6 Å². The first-order valence-electron chi connectivity index (χ1n) is 5.67. The van der Waals surface area contributed by atoms with Gasteiger partial charge in [-0.1, -0.05) is 23.7 Å². The lowest BCUT2D eigenvalue weighted by molar-refractivity contribution is -0.105. The average Bonchev–Trinajstić information content (AvgIpc) is 2.29. The van der Waals surface area contributed by atoms with E-state index in [0.717, 1.165) is 23.8 Å². The van der Waals surface area contributed by atoms with E-state index in [2.05, 4.69) is 0 Å². The molecule has 90 valence electrons. The van der Waals surface area contributed by atoms with Crippen molar-refractivity contribution < 1.29 is 9.90 Å². The van der Waals surface area contributed by atoms with Crippen LogP contribution in [0.5, 0.6) is 0 Å². The lowest BCUT2D eigenvalue weighted by Gasteiger charge is -2.30. The number of halogens is 1. The van der Waals surface area contributed by atoms with Gasteiger partial charge in [0.15, 0.2) is 0 Å². The second-order valence-electron chi connectivity index (χ2n) is 4.80. The first-order valence-corrected chi connectivity index (χ1v) is 6.05. The molecule has 0 saturated heterocycles. The van der Waals surface area contributed by atoms with Crippen LogP contribution >= 0.6 is 11.6 Å². The smallest absolute Gasteiger partial charge is 0.146 e. The second kappa shape index (κ2) is 4.63. The Morgan fingerprint density at radius 3 is 2.59 bits per heavy atom. The molecule has 1 aliphatic carbocycles. The third-order valence-corrected chi connectivity index (χ3v) is 3.46. The number of benzene rings is 1. The zero-order valence-corrected chi connectivity index (χ0v) is 10.5. The summed E-state index contributed by atoms with van der Waals surface area (Å²) in [5, 5.41) is 10.7. The Balaban J connectivity index is 2.39. The zero-order chi connectivity index (χ0) is 12.5. The third-order valence-electron chi connectivity index (χ3n) is 3.21. The topological polar surface area (TPSA) is 37.3 Å². The Morgan fingerprint density at radius 2 is 2.00 bits per heavy atom. The number of allylic oxidation sites excluding steroid dienone is 1. The molecule has 0 heterocycles. The van der Waals surface area contributed by atoms with Gasteiger partial charge in [0, 0.05) is 11.4 Å². The van der Waals surface area contributed by atoms with Gasteiger partial charge >= 0.3 is 0 Å². The number of carbonyl (C=O) groups excluding carboxylic acids is 1. The van der Waals surface area contributed by atoms with Crippen molar-refractivity contribution in [3.05, 3.63) is 40.4 Å². The van der Waals surface area contributed by atoms with Gasteiger partial charge in [0.05, 0.1) is 5.60 Å². The molecular formula is C14H15ClO2. The van der Waals surface area contributed by atoms with Crippen LogP contribution in [0, 0.1) is 0 Å². The standard InChI is InChI=1S/C14H15ClO2/c1-14(17)7-6-13(11(8-14)9-16)10-2-4-12(15)5-3-10/h2-5,9,17H,6-8H2,1H3. The molecule has 1 atom stereocenters. The maximum Gasteiger partial charge on any atom is 0.146 e. The Labute approximate surface area is 106 Å². The van der Waals surface area contributed by atoms with Gasteiger partial charge in [0.2, 0.25) is 0 Å². The fourth-order valence-corrected chi connectivity index (χ4v) is 2.38. The first kappa shape index (κ1) is 12.3. The molecule has 2 rings (SSSR count). The van der Waals surface area contributed by atoms with Crippen molar-refractivity contribution >= 4 is 23.5 Å². The van der Waals surface area contributed by atoms with Gasteiger partial charge in [-0.3, -0.25) is 4.79 Å². The van der Waals surface area contributed by atoms with E-state index in [1.807, 2.05) is 24.3 Å². The first-order chi connectivity index (χ1) is 8.02. The predicted molar refractivity (Wildman–Crippen MR) is 68.9 cm³/mol. The van der Waals surface area contributed by atoms with E-state index in [0.29, 0.717) is 23.4 Å². The lowest BCUT2D eigenvalue weighted by Crippen LogP contribution is -2.28. The largest absolute Gasteiger partial charge is 0.390 e. The van der Waals surface area contributed by atoms with Crippen molar-refractivity contribution in [3.8, 4) is 0 Å². The molecule has 0 aromatic heterocycles. The minimum absolute atomic E-state index is 0.425. The van der Waals surface area contributed by atoms with Crippen molar-refractivity contribution in [3.63, 3.8) is 0 Å². The Morgan fingerprint density at radius 1 is 1.35 bits per heavy atom. The van der Waals surface area contributed by atoms with Gasteiger partial charge < -0.3 is 5.11 Å². The number of aliphatic hydroxyl groups is 1. The molecule has 0 spiro atoms. The SMILES string of the molecule is CC1(O)CCC(c2ccc(Cl)cc2)=C(C=O)C1. The normalized spacial score (nSPS) is 24.9. The van der Waals surface area contributed by atoms with Gasteiger partial charge in [0.25, 0.3) is 0 Å². The predicted octanol–water partition coefficient (Wildman–Crippen LogP) is 3.23. The molecule has 1 aromatic carbocycles. The van der Waals surface area contributed by atoms with Crippen molar-refractivity contribution in [1.82, 2.24) is 0 Å². The van der Waals surface area contributed by atoms with Crippen LogP contribution in [0.2, 0.25) is 5.02 Å². The molecule has 3 heteroatoms. The number of hydrogen-bond acceptors (Lipinski definition) is 2. The maximum absolute atomic E-state index is 11.1. The molecule has 1 N–H and O–H groups in total. The molecule has 2 nitrogen and oxygen atoms in total. The summed E-state index contributed by atoms with van der Waals surface area (Å²) < 4.78 is 0. The summed E-state index contributed by atoms with van der Waals surface area (Å²) >= 11 is 5.84. The number of carbonyl (C=O) groups is 1. The molecule has 0 radical (unpaired) electrons. The van der Waals surface area contributed by atoms with Gasteiger partial charge in [-0.05, 0) is 48.6 Å². The van der Waals surface area contributed by atoms with Crippen molar-refractivity contribution in [2.24, 2.45) is 0 Å². The molecule has 1 aromatic rings. The van der Waals surface area contributed by atoms with E-state index in [-0.39, 0.29) is 0 Å². The highest BCUT2D eigenvalue weighted by Gasteiger charge is 2.29. The van der Waals surface area contributed by atoms with Crippen molar-refractivity contribution in [2.75, 3.05) is 0 Å². The summed E-state index contributed by atoms with van der Waals surface area (Å²) in [6.07, 6.45) is 2.69. The molecule has 0 saturated carbocycles. The summed E-state index contributed by atoms with van der Waals surface area (Å²) in [5.74, 6) is 0. The van der Waals surface area contributed by atoms with Gasteiger partial charge in [-0.15, -0.1) is 0 Å². The van der Waals surface area contributed by atoms with Crippen molar-refractivity contribution in [1.29, 1.82) is 0 Å². The van der Waals surface area contributed by atoms with Gasteiger partial charge in [0.1, 0.15) is 6.29 Å². The fourth-order valence-electron chi connectivity index (χ4n) is 2.25. The van der Waals surface area contributed by atoms with E-state index in [1.54, 1.807) is 6.92 Å². The Kier molecular flexibility index (Phi) is 3.36. The lowest BCUT2D eigenvalue weighted by atomic mass is 9.80. The Hall–Kier alpha value is -1.12. The van der Waals surface area contributed by atoms with Crippen molar-refractivity contribution in [2.45, 2.75) is 31.8 Å². The zero-order valence-electron chi connectivity index (χ0n) is 9.74. The van der Waals surface area contributed by atoms with Crippen LogP contribution in [-0.2, 0) is 4.79 Å². The molecule has 0 amide bonds. The second-order valence-corrected chi connectivity index (χ2v) is 5.24. The number of rotatable bonds is 2. The highest BCUT2D eigenvalue weighted by atomic mass is 35.5. The maximum atomic E-state index is 11.1. The van der Waals surface area contributed by atoms with E-state index in [9.17, 15) is 9.90 Å². The summed E-state index contributed by atoms with van der Waals surface area (Å²) in [7, 11) is 0.